The first-order chi connectivity index (χ1) is 11.6. The van der Waals surface area contributed by atoms with E-state index in [1.165, 1.54) is 5.56 Å². The molecule has 3 rings (SSSR count). The maximum Gasteiger partial charge on any atom is 0.321 e. The molecule has 2 amide bonds. The minimum Gasteiger partial charge on any atom is -0.508 e. The van der Waals surface area contributed by atoms with E-state index >= 15 is 0 Å². The van der Waals surface area contributed by atoms with Crippen LogP contribution in [-0.4, -0.2) is 47.1 Å². The van der Waals surface area contributed by atoms with Gasteiger partial charge in [0.1, 0.15) is 5.75 Å². The number of hydrogen-bond acceptors (Lipinski definition) is 3. The van der Waals surface area contributed by atoms with Crippen LogP contribution in [0.3, 0.4) is 0 Å². The molecular formula is C18H20ClN3O2. The maximum atomic E-state index is 12.3. The van der Waals surface area contributed by atoms with Gasteiger partial charge < -0.3 is 15.3 Å². The molecule has 1 saturated heterocycles. The van der Waals surface area contributed by atoms with Crippen molar-refractivity contribution < 1.29 is 9.90 Å². The number of amides is 2. The number of phenolic OH excluding ortho intramolecular Hbond substituents is 1. The van der Waals surface area contributed by atoms with Crippen molar-refractivity contribution in [3.05, 3.63) is 59.1 Å². The van der Waals surface area contributed by atoms with E-state index in [1.807, 2.05) is 29.2 Å². The summed E-state index contributed by atoms with van der Waals surface area (Å²) in [5.41, 5.74) is 1.91. The molecule has 6 heteroatoms. The summed E-state index contributed by atoms with van der Waals surface area (Å²) in [5, 5.41) is 12.9. The lowest BCUT2D eigenvalue weighted by atomic mass is 10.2. The summed E-state index contributed by atoms with van der Waals surface area (Å²) in [7, 11) is 0. The Labute approximate surface area is 146 Å². The topological polar surface area (TPSA) is 55.8 Å². The van der Waals surface area contributed by atoms with Crippen molar-refractivity contribution in [1.82, 2.24) is 9.80 Å². The Morgan fingerprint density at radius 1 is 1.00 bits per heavy atom. The zero-order valence-electron chi connectivity index (χ0n) is 13.3. The molecule has 0 aromatic heterocycles. The van der Waals surface area contributed by atoms with E-state index in [1.54, 1.807) is 24.3 Å². The van der Waals surface area contributed by atoms with Gasteiger partial charge in [0.25, 0.3) is 0 Å². The van der Waals surface area contributed by atoms with Gasteiger partial charge in [0.15, 0.2) is 0 Å². The van der Waals surface area contributed by atoms with Crippen LogP contribution in [0.5, 0.6) is 5.75 Å². The Kier molecular flexibility index (Phi) is 5.23. The molecule has 0 spiro atoms. The second-order valence-electron chi connectivity index (χ2n) is 5.87. The number of phenols is 1. The Balaban J connectivity index is 1.48. The van der Waals surface area contributed by atoms with Gasteiger partial charge >= 0.3 is 6.03 Å². The molecule has 5 nitrogen and oxygen atoms in total. The maximum absolute atomic E-state index is 12.3. The van der Waals surface area contributed by atoms with Gasteiger partial charge in [0.2, 0.25) is 0 Å². The minimum atomic E-state index is -0.105. The zero-order chi connectivity index (χ0) is 16.9. The highest BCUT2D eigenvalue weighted by molar-refractivity contribution is 6.30. The van der Waals surface area contributed by atoms with Gasteiger partial charge in [-0.15, -0.1) is 0 Å². The lowest BCUT2D eigenvalue weighted by Crippen LogP contribution is -2.49. The summed E-state index contributed by atoms with van der Waals surface area (Å²) in [6.45, 7) is 3.93. The Morgan fingerprint density at radius 3 is 2.25 bits per heavy atom. The number of anilines is 1. The largest absolute Gasteiger partial charge is 0.508 e. The van der Waals surface area contributed by atoms with Gasteiger partial charge in [-0.3, -0.25) is 4.90 Å². The number of nitrogens with zero attached hydrogens (tertiary/aromatic N) is 2. The van der Waals surface area contributed by atoms with Crippen LogP contribution in [0.2, 0.25) is 5.02 Å². The number of rotatable bonds is 3. The highest BCUT2D eigenvalue weighted by Crippen LogP contribution is 2.16. The first-order valence-corrected chi connectivity index (χ1v) is 8.30. The van der Waals surface area contributed by atoms with E-state index in [4.69, 9.17) is 11.6 Å². The average Bonchev–Trinajstić information content (AvgIpc) is 2.59. The summed E-state index contributed by atoms with van der Waals surface area (Å²) in [5.74, 6) is 0.184. The molecule has 1 aliphatic rings. The molecule has 0 saturated carbocycles. The molecule has 1 aliphatic heterocycles. The standard InChI is InChI=1S/C18H20ClN3O2/c19-15-3-1-14(2-4-15)13-21-9-11-22(12-10-21)18(24)20-16-5-7-17(23)8-6-16/h1-8,23H,9-13H2,(H,20,24). The van der Waals surface area contributed by atoms with Crippen LogP contribution in [0.15, 0.2) is 48.5 Å². The summed E-state index contributed by atoms with van der Waals surface area (Å²) in [6.07, 6.45) is 0. The normalized spacial score (nSPS) is 15.3. The molecule has 0 unspecified atom stereocenters. The van der Waals surface area contributed by atoms with Crippen LogP contribution in [0, 0.1) is 0 Å². The Bertz CT molecular complexity index is 680. The summed E-state index contributed by atoms with van der Waals surface area (Å²) >= 11 is 5.90. The van der Waals surface area contributed by atoms with Gasteiger partial charge in [-0.25, -0.2) is 4.79 Å². The van der Waals surface area contributed by atoms with Crippen molar-refractivity contribution in [2.75, 3.05) is 31.5 Å². The third-order valence-corrected chi connectivity index (χ3v) is 4.35. The predicted octanol–water partition coefficient (Wildman–Crippen LogP) is 3.40. The number of urea groups is 1. The lowest BCUT2D eigenvalue weighted by molar-refractivity contribution is 0.143. The highest BCUT2D eigenvalue weighted by atomic mass is 35.5. The molecule has 0 bridgehead atoms. The van der Waals surface area contributed by atoms with E-state index < -0.39 is 0 Å². The van der Waals surface area contributed by atoms with Crippen LogP contribution in [0.1, 0.15) is 5.56 Å². The van der Waals surface area contributed by atoms with Crippen molar-refractivity contribution in [3.63, 3.8) is 0 Å². The van der Waals surface area contributed by atoms with E-state index in [-0.39, 0.29) is 11.8 Å². The number of hydrogen-bond donors (Lipinski definition) is 2. The van der Waals surface area contributed by atoms with Gasteiger partial charge in [-0.2, -0.15) is 0 Å². The molecule has 0 radical (unpaired) electrons. The summed E-state index contributed by atoms with van der Waals surface area (Å²) < 4.78 is 0. The molecule has 2 aromatic rings. The number of carbonyl (C=O) groups excluding carboxylic acids is 1. The van der Waals surface area contributed by atoms with Crippen LogP contribution < -0.4 is 5.32 Å². The molecule has 126 valence electrons. The van der Waals surface area contributed by atoms with Gasteiger partial charge in [0.05, 0.1) is 0 Å². The molecule has 0 atom stereocenters. The van der Waals surface area contributed by atoms with Crippen LogP contribution in [0.4, 0.5) is 10.5 Å². The van der Waals surface area contributed by atoms with E-state index in [0.29, 0.717) is 18.8 Å². The van der Waals surface area contributed by atoms with Gasteiger partial charge in [0, 0.05) is 43.4 Å². The molecule has 1 heterocycles. The fourth-order valence-electron chi connectivity index (χ4n) is 2.70. The average molecular weight is 346 g/mol. The Morgan fingerprint density at radius 2 is 1.62 bits per heavy atom. The van der Waals surface area contributed by atoms with Gasteiger partial charge in [-0.1, -0.05) is 23.7 Å². The van der Waals surface area contributed by atoms with Crippen molar-refractivity contribution in [1.29, 1.82) is 0 Å². The molecule has 2 aromatic carbocycles. The second-order valence-corrected chi connectivity index (χ2v) is 6.30. The van der Waals surface area contributed by atoms with Crippen LogP contribution in [0.25, 0.3) is 0 Å². The third-order valence-electron chi connectivity index (χ3n) is 4.10. The third kappa shape index (κ3) is 4.40. The van der Waals surface area contributed by atoms with Gasteiger partial charge in [-0.05, 0) is 42.0 Å². The smallest absolute Gasteiger partial charge is 0.321 e. The van der Waals surface area contributed by atoms with Crippen molar-refractivity contribution in [3.8, 4) is 5.75 Å². The van der Waals surface area contributed by atoms with Crippen LogP contribution >= 0.6 is 11.6 Å². The lowest BCUT2D eigenvalue weighted by Gasteiger charge is -2.34. The first kappa shape index (κ1) is 16.6. The number of aromatic hydroxyl groups is 1. The van der Waals surface area contributed by atoms with Crippen molar-refractivity contribution in [2.45, 2.75) is 6.54 Å². The number of nitrogens with one attached hydrogen (secondary N) is 1. The quantitative estimate of drug-likeness (QED) is 0.838. The molecule has 1 fully saturated rings. The zero-order valence-corrected chi connectivity index (χ0v) is 14.0. The van der Waals surface area contributed by atoms with E-state index in [2.05, 4.69) is 10.2 Å². The summed E-state index contributed by atoms with van der Waals surface area (Å²) in [4.78, 5) is 16.4. The number of benzene rings is 2. The summed E-state index contributed by atoms with van der Waals surface area (Å²) in [6, 6.07) is 14.2. The fraction of sp³-hybridized carbons (Fsp3) is 0.278. The number of halogens is 1. The number of carbonyl (C=O) groups is 1. The van der Waals surface area contributed by atoms with E-state index in [0.717, 1.165) is 24.7 Å². The number of piperazine rings is 1. The fourth-order valence-corrected chi connectivity index (χ4v) is 2.83. The molecule has 24 heavy (non-hydrogen) atoms. The molecule has 0 aliphatic carbocycles. The van der Waals surface area contributed by atoms with Crippen molar-refractivity contribution >= 4 is 23.3 Å². The van der Waals surface area contributed by atoms with Crippen LogP contribution in [-0.2, 0) is 6.54 Å². The molecular weight excluding hydrogens is 326 g/mol. The highest BCUT2D eigenvalue weighted by Gasteiger charge is 2.21. The first-order valence-electron chi connectivity index (χ1n) is 7.92. The SMILES string of the molecule is O=C(Nc1ccc(O)cc1)N1CCN(Cc2ccc(Cl)cc2)CC1. The second kappa shape index (κ2) is 7.55. The molecule has 2 N–H and O–H groups in total. The minimum absolute atomic E-state index is 0.105. The predicted molar refractivity (Wildman–Crippen MR) is 95.4 cm³/mol. The van der Waals surface area contributed by atoms with E-state index in [9.17, 15) is 9.90 Å². The Hall–Kier alpha value is -2.24. The van der Waals surface area contributed by atoms with Crippen molar-refractivity contribution in [2.24, 2.45) is 0 Å². The monoisotopic (exact) mass is 345 g/mol.